The molecule has 6 nitrogen and oxygen atoms in total. The third kappa shape index (κ3) is 5.57. The van der Waals surface area contributed by atoms with Crippen LogP contribution in [0.4, 0.5) is 5.82 Å². The molecule has 0 amide bonds. The highest BCUT2D eigenvalue weighted by Crippen LogP contribution is 2.39. The molecule has 0 N–H and O–H groups in total. The summed E-state index contributed by atoms with van der Waals surface area (Å²) in [4.78, 5) is 11.1. The second-order valence-corrected chi connectivity index (χ2v) is 9.84. The van der Waals surface area contributed by atoms with Crippen molar-refractivity contribution in [2.75, 3.05) is 23.7 Å². The number of hydrogen-bond acceptors (Lipinski definition) is 7. The summed E-state index contributed by atoms with van der Waals surface area (Å²) in [6.07, 6.45) is 5.25. The van der Waals surface area contributed by atoms with Gasteiger partial charge in [-0.2, -0.15) is 5.26 Å². The van der Waals surface area contributed by atoms with Crippen LogP contribution in [-0.2, 0) is 22.5 Å². The first-order chi connectivity index (χ1) is 14.8. The maximum absolute atomic E-state index is 10.0. The quantitative estimate of drug-likeness (QED) is 0.349. The van der Waals surface area contributed by atoms with Gasteiger partial charge in [0.25, 0.3) is 0 Å². The zero-order valence-corrected chi connectivity index (χ0v) is 19.8. The van der Waals surface area contributed by atoms with Crippen LogP contribution in [0, 0.1) is 11.3 Å². The van der Waals surface area contributed by atoms with Crippen molar-refractivity contribution in [1.29, 1.82) is 5.26 Å². The maximum Gasteiger partial charge on any atom is 0.135 e. The summed E-state index contributed by atoms with van der Waals surface area (Å²) < 4.78 is 12.1. The van der Waals surface area contributed by atoms with Gasteiger partial charge in [-0.1, -0.05) is 12.7 Å². The molecule has 0 saturated carbocycles. The van der Waals surface area contributed by atoms with E-state index >= 15 is 0 Å². The molecular formula is C24H32N4O2S. The molecule has 31 heavy (non-hydrogen) atoms. The predicted octanol–water partition coefficient (Wildman–Crippen LogP) is 4.67. The number of nitrogens with zero attached hydrogens (tertiary/aromatic N) is 4. The SMILES string of the molecule is C=C/C(=C\N=C)CCSc1nc(N2CC(C)OC(C)C2)c2c(c1C#N)CC(C)(C)OC2. The second-order valence-electron chi connectivity index (χ2n) is 8.76. The van der Waals surface area contributed by atoms with Crippen molar-refractivity contribution in [3.8, 4) is 6.07 Å². The fourth-order valence-corrected chi connectivity index (χ4v) is 5.16. The molecule has 1 fully saturated rings. The van der Waals surface area contributed by atoms with Gasteiger partial charge in [0.2, 0.25) is 0 Å². The van der Waals surface area contributed by atoms with Gasteiger partial charge in [0.05, 0.1) is 30.0 Å². The molecule has 2 aliphatic heterocycles. The summed E-state index contributed by atoms with van der Waals surface area (Å²) in [5.74, 6) is 1.71. The van der Waals surface area contributed by atoms with E-state index in [1.807, 2.05) is 0 Å². The van der Waals surface area contributed by atoms with Gasteiger partial charge in [-0.25, -0.2) is 4.98 Å². The van der Waals surface area contributed by atoms with Gasteiger partial charge in [0.15, 0.2) is 0 Å². The van der Waals surface area contributed by atoms with E-state index in [0.717, 1.165) is 52.8 Å². The van der Waals surface area contributed by atoms with Crippen LogP contribution < -0.4 is 4.90 Å². The molecule has 0 radical (unpaired) electrons. The van der Waals surface area contributed by atoms with E-state index in [1.165, 1.54) is 0 Å². The van der Waals surface area contributed by atoms with Crippen molar-refractivity contribution in [1.82, 2.24) is 4.98 Å². The number of ether oxygens (including phenoxy) is 2. The lowest BCUT2D eigenvalue weighted by Crippen LogP contribution is -2.47. The molecule has 1 saturated heterocycles. The van der Waals surface area contributed by atoms with Crippen molar-refractivity contribution in [3.05, 3.63) is 41.1 Å². The van der Waals surface area contributed by atoms with E-state index in [1.54, 1.807) is 24.0 Å². The smallest absolute Gasteiger partial charge is 0.135 e. The monoisotopic (exact) mass is 440 g/mol. The van der Waals surface area contributed by atoms with Crippen molar-refractivity contribution in [2.24, 2.45) is 4.99 Å². The zero-order chi connectivity index (χ0) is 22.6. The Morgan fingerprint density at radius 1 is 1.35 bits per heavy atom. The van der Waals surface area contributed by atoms with E-state index in [2.05, 4.69) is 57.0 Å². The number of pyridine rings is 1. The summed E-state index contributed by atoms with van der Waals surface area (Å²) >= 11 is 1.61. The van der Waals surface area contributed by atoms with Crippen LogP contribution in [0.5, 0.6) is 0 Å². The lowest BCUT2D eigenvalue weighted by atomic mass is 9.89. The number of thioether (sulfide) groups is 1. The Bertz CT molecular complexity index is 909. The van der Waals surface area contributed by atoms with Gasteiger partial charge in [0.1, 0.15) is 16.9 Å². The van der Waals surface area contributed by atoms with Crippen LogP contribution in [0.2, 0.25) is 0 Å². The van der Waals surface area contributed by atoms with Gasteiger partial charge >= 0.3 is 0 Å². The number of aliphatic imine (C=N–C) groups is 1. The number of rotatable bonds is 7. The second kappa shape index (κ2) is 9.99. The minimum Gasteiger partial charge on any atom is -0.372 e. The third-order valence-corrected chi connectivity index (χ3v) is 6.52. The Labute approximate surface area is 190 Å². The highest BCUT2D eigenvalue weighted by Gasteiger charge is 2.34. The topological polar surface area (TPSA) is 70.7 Å². The molecule has 2 atom stereocenters. The summed E-state index contributed by atoms with van der Waals surface area (Å²) in [5, 5.41) is 10.8. The van der Waals surface area contributed by atoms with E-state index in [4.69, 9.17) is 14.5 Å². The largest absolute Gasteiger partial charge is 0.372 e. The Morgan fingerprint density at radius 3 is 2.68 bits per heavy atom. The number of fused-ring (bicyclic) bond motifs is 1. The summed E-state index contributed by atoms with van der Waals surface area (Å²) in [6, 6.07) is 2.44. The summed E-state index contributed by atoms with van der Waals surface area (Å²) in [5.41, 5.74) is 3.51. The molecule has 3 heterocycles. The molecule has 3 rings (SSSR count). The van der Waals surface area contributed by atoms with E-state index < -0.39 is 0 Å². The Balaban J connectivity index is 2.00. The van der Waals surface area contributed by atoms with Crippen LogP contribution in [0.1, 0.15) is 50.8 Å². The lowest BCUT2D eigenvalue weighted by Gasteiger charge is -2.40. The molecule has 2 unspecified atom stereocenters. The Hall–Kier alpha value is -2.14. The lowest BCUT2D eigenvalue weighted by molar-refractivity contribution is -0.0407. The molecule has 0 aliphatic carbocycles. The maximum atomic E-state index is 10.0. The first kappa shape index (κ1) is 23.5. The molecule has 1 aromatic heterocycles. The van der Waals surface area contributed by atoms with Crippen molar-refractivity contribution in [2.45, 2.75) is 70.0 Å². The average Bonchev–Trinajstić information content (AvgIpc) is 2.70. The van der Waals surface area contributed by atoms with Gasteiger partial charge in [-0.3, -0.25) is 4.99 Å². The van der Waals surface area contributed by atoms with Crippen molar-refractivity contribution >= 4 is 24.3 Å². The Kier molecular flexibility index (Phi) is 7.58. The number of allylic oxidation sites excluding steroid dienone is 2. The highest BCUT2D eigenvalue weighted by atomic mass is 32.2. The average molecular weight is 441 g/mol. The molecule has 0 bridgehead atoms. The fourth-order valence-electron chi connectivity index (χ4n) is 4.16. The van der Waals surface area contributed by atoms with Crippen molar-refractivity contribution in [3.63, 3.8) is 0 Å². The van der Waals surface area contributed by atoms with Crippen LogP contribution in [0.15, 0.2) is 34.4 Å². The number of morpholine rings is 1. The first-order valence-electron chi connectivity index (χ1n) is 10.7. The zero-order valence-electron chi connectivity index (χ0n) is 19.0. The molecule has 2 aliphatic rings. The van der Waals surface area contributed by atoms with Gasteiger partial charge in [-0.05, 0) is 52.0 Å². The van der Waals surface area contributed by atoms with Gasteiger partial charge in [0, 0.05) is 37.0 Å². The van der Waals surface area contributed by atoms with Gasteiger partial charge < -0.3 is 14.4 Å². The number of nitriles is 1. The minimum atomic E-state index is -0.306. The fraction of sp³-hybridized carbons (Fsp3) is 0.542. The third-order valence-electron chi connectivity index (χ3n) is 5.55. The van der Waals surface area contributed by atoms with Crippen LogP contribution >= 0.6 is 11.8 Å². The Morgan fingerprint density at radius 2 is 2.06 bits per heavy atom. The summed E-state index contributed by atoms with van der Waals surface area (Å²) in [6.45, 7) is 17.7. The molecule has 0 spiro atoms. The highest BCUT2D eigenvalue weighted by molar-refractivity contribution is 7.99. The van der Waals surface area contributed by atoms with Crippen LogP contribution in [0.25, 0.3) is 0 Å². The first-order valence-corrected chi connectivity index (χ1v) is 11.7. The van der Waals surface area contributed by atoms with Crippen LogP contribution in [-0.4, -0.2) is 48.4 Å². The van der Waals surface area contributed by atoms with Crippen LogP contribution in [0.3, 0.4) is 0 Å². The molecule has 0 aromatic carbocycles. The van der Waals surface area contributed by atoms with Crippen molar-refractivity contribution < 1.29 is 9.47 Å². The van der Waals surface area contributed by atoms with Gasteiger partial charge in [-0.15, -0.1) is 11.8 Å². The number of hydrogen-bond donors (Lipinski definition) is 0. The number of aromatic nitrogens is 1. The number of anilines is 1. The van der Waals surface area contributed by atoms with E-state index in [0.29, 0.717) is 18.6 Å². The minimum absolute atomic E-state index is 0.126. The molecule has 7 heteroatoms. The molecule has 166 valence electrons. The normalized spacial score (nSPS) is 23.1. The van der Waals surface area contributed by atoms with E-state index in [-0.39, 0.29) is 17.8 Å². The predicted molar refractivity (Wildman–Crippen MR) is 127 cm³/mol. The van der Waals surface area contributed by atoms with E-state index in [9.17, 15) is 5.26 Å². The molecule has 1 aromatic rings. The summed E-state index contributed by atoms with van der Waals surface area (Å²) in [7, 11) is 0. The standard InChI is InChI=1S/C24H32N4O2S/c1-7-18(12-26-6)8-9-31-23-20(11-25)19-10-24(4,5)29-15-21(19)22(27-23)28-13-16(2)30-17(3)14-28/h7,12,16-17H,1,6,8-10,13-15H2,2-5H3/b18-12+. The molecular weight excluding hydrogens is 408 g/mol.